The summed E-state index contributed by atoms with van der Waals surface area (Å²) < 4.78 is 4.62. The lowest BCUT2D eigenvalue weighted by Gasteiger charge is -2.16. The topological polar surface area (TPSA) is 93.2 Å². The van der Waals surface area contributed by atoms with E-state index in [0.29, 0.717) is 21.6 Å². The molecule has 0 saturated carbocycles. The molecule has 0 aliphatic heterocycles. The first-order chi connectivity index (χ1) is 13.6. The lowest BCUT2D eigenvalue weighted by molar-refractivity contribution is -0.118. The number of nitrogens with one attached hydrogen (secondary N) is 2. The minimum Gasteiger partial charge on any atom is -0.453 e. The summed E-state index contributed by atoms with van der Waals surface area (Å²) in [7, 11) is 1.24. The van der Waals surface area contributed by atoms with E-state index in [-0.39, 0.29) is 0 Å². The summed E-state index contributed by atoms with van der Waals surface area (Å²) in [6.45, 7) is 0. The van der Waals surface area contributed by atoms with E-state index in [1.54, 1.807) is 6.07 Å². The molecule has 0 saturated heterocycles. The lowest BCUT2D eigenvalue weighted by Crippen LogP contribution is -2.45. The molecule has 0 spiro atoms. The van der Waals surface area contributed by atoms with Crippen LogP contribution in [0.15, 0.2) is 54.6 Å². The van der Waals surface area contributed by atoms with Crippen molar-refractivity contribution in [1.29, 1.82) is 0 Å². The van der Waals surface area contributed by atoms with E-state index in [1.165, 1.54) is 18.4 Å². The molecule has 0 bridgehead atoms. The van der Waals surface area contributed by atoms with E-state index < -0.39 is 18.0 Å². The van der Waals surface area contributed by atoms with Gasteiger partial charge in [-0.15, -0.1) is 10.2 Å². The molecule has 3 rings (SSSR count). The van der Waals surface area contributed by atoms with Crippen molar-refractivity contribution >= 4 is 40.1 Å². The van der Waals surface area contributed by atoms with Gasteiger partial charge in [-0.2, -0.15) is 0 Å². The zero-order chi connectivity index (χ0) is 19.9. The number of hydrogen-bond acceptors (Lipinski definition) is 6. The van der Waals surface area contributed by atoms with Gasteiger partial charge in [0.15, 0.2) is 5.01 Å². The molecule has 1 atom stereocenters. The second-order valence-corrected chi connectivity index (χ2v) is 7.14. The van der Waals surface area contributed by atoms with Crippen LogP contribution in [0.1, 0.15) is 5.56 Å². The van der Waals surface area contributed by atoms with E-state index in [4.69, 9.17) is 11.6 Å². The Morgan fingerprint density at radius 1 is 1.11 bits per heavy atom. The summed E-state index contributed by atoms with van der Waals surface area (Å²) in [6, 6.07) is 15.8. The van der Waals surface area contributed by atoms with Crippen LogP contribution in [0.4, 0.5) is 9.93 Å². The van der Waals surface area contributed by atoms with Crippen LogP contribution in [-0.4, -0.2) is 35.3 Å². The molecule has 1 unspecified atom stereocenters. The number of benzene rings is 2. The zero-order valence-corrected chi connectivity index (χ0v) is 16.5. The van der Waals surface area contributed by atoms with Crippen molar-refractivity contribution in [1.82, 2.24) is 15.5 Å². The van der Waals surface area contributed by atoms with Gasteiger partial charge in [-0.25, -0.2) is 4.79 Å². The Kier molecular flexibility index (Phi) is 6.57. The van der Waals surface area contributed by atoms with Crippen LogP contribution >= 0.6 is 22.9 Å². The Hall–Kier alpha value is -2.97. The van der Waals surface area contributed by atoms with Gasteiger partial charge in [0.05, 0.1) is 12.1 Å². The number of ether oxygens (including phenoxy) is 1. The monoisotopic (exact) mass is 416 g/mol. The molecule has 28 heavy (non-hydrogen) atoms. The Morgan fingerprint density at radius 3 is 2.54 bits per heavy atom. The van der Waals surface area contributed by atoms with Crippen molar-refractivity contribution in [2.75, 3.05) is 12.4 Å². The van der Waals surface area contributed by atoms with Crippen LogP contribution in [0.5, 0.6) is 0 Å². The molecular formula is C19H17ClN4O3S. The quantitative estimate of drug-likeness (QED) is 0.638. The maximum atomic E-state index is 12.7. The first kappa shape index (κ1) is 19.8. The minimum absolute atomic E-state index is 0.304. The first-order valence-electron chi connectivity index (χ1n) is 8.34. The molecular weight excluding hydrogens is 400 g/mol. The van der Waals surface area contributed by atoms with Gasteiger partial charge in [-0.1, -0.05) is 71.5 Å². The van der Waals surface area contributed by atoms with E-state index >= 15 is 0 Å². The number of anilines is 1. The highest BCUT2D eigenvalue weighted by molar-refractivity contribution is 7.18. The standard InChI is InChI=1S/C19H17ClN4O3S/c1-27-19(26)21-15(11-12-7-3-2-4-8-12)16(25)22-18-24-23-17(28-18)13-9-5-6-10-14(13)20/h2-10,15H,11H2,1H3,(H,21,26)(H,22,24,25). The maximum absolute atomic E-state index is 12.7. The fourth-order valence-corrected chi connectivity index (χ4v) is 3.54. The average Bonchev–Trinajstić information content (AvgIpc) is 3.16. The average molecular weight is 417 g/mol. The summed E-state index contributed by atoms with van der Waals surface area (Å²) >= 11 is 7.37. The molecule has 2 N–H and O–H groups in total. The summed E-state index contributed by atoms with van der Waals surface area (Å²) in [5.74, 6) is -0.420. The van der Waals surface area contributed by atoms with Crippen LogP contribution < -0.4 is 10.6 Å². The summed E-state index contributed by atoms with van der Waals surface area (Å²) in [5.41, 5.74) is 1.63. The summed E-state index contributed by atoms with van der Waals surface area (Å²) in [5, 5.41) is 14.8. The molecule has 9 heteroatoms. The van der Waals surface area contributed by atoms with E-state index in [2.05, 4.69) is 25.6 Å². The molecule has 0 fully saturated rings. The Labute approximate surface area is 170 Å². The van der Waals surface area contributed by atoms with Gasteiger partial charge >= 0.3 is 6.09 Å². The highest BCUT2D eigenvalue weighted by Crippen LogP contribution is 2.31. The van der Waals surface area contributed by atoms with Crippen LogP contribution in [0, 0.1) is 0 Å². The Balaban J connectivity index is 1.74. The largest absolute Gasteiger partial charge is 0.453 e. The fraction of sp³-hybridized carbons (Fsp3) is 0.158. The van der Waals surface area contributed by atoms with Crippen LogP contribution in [0.2, 0.25) is 5.02 Å². The van der Waals surface area contributed by atoms with Crippen molar-refractivity contribution in [3.8, 4) is 10.6 Å². The number of aromatic nitrogens is 2. The highest BCUT2D eigenvalue weighted by Gasteiger charge is 2.23. The number of rotatable bonds is 6. The Morgan fingerprint density at radius 2 is 1.82 bits per heavy atom. The summed E-state index contributed by atoms with van der Waals surface area (Å²) in [4.78, 5) is 24.4. The van der Waals surface area contributed by atoms with Gasteiger partial charge < -0.3 is 10.1 Å². The number of amides is 2. The fourth-order valence-electron chi connectivity index (χ4n) is 2.47. The number of methoxy groups -OCH3 is 1. The van der Waals surface area contributed by atoms with Gasteiger partial charge in [0.25, 0.3) is 0 Å². The first-order valence-corrected chi connectivity index (χ1v) is 9.54. The predicted octanol–water partition coefficient (Wildman–Crippen LogP) is 3.76. The molecule has 0 aliphatic rings. The number of carbonyl (C=O) groups excluding carboxylic acids is 2. The summed E-state index contributed by atoms with van der Waals surface area (Å²) in [6.07, 6.45) is -0.386. The van der Waals surface area contributed by atoms with Crippen molar-refractivity contribution in [2.24, 2.45) is 0 Å². The normalized spacial score (nSPS) is 11.5. The molecule has 1 aromatic heterocycles. The third-order valence-corrected chi connectivity index (χ3v) is 5.04. The van der Waals surface area contributed by atoms with E-state index in [9.17, 15) is 9.59 Å². The third kappa shape index (κ3) is 5.05. The highest BCUT2D eigenvalue weighted by atomic mass is 35.5. The van der Waals surface area contributed by atoms with Crippen molar-refractivity contribution in [3.63, 3.8) is 0 Å². The number of alkyl carbamates (subject to hydrolysis) is 1. The van der Waals surface area contributed by atoms with Crippen molar-refractivity contribution < 1.29 is 14.3 Å². The SMILES string of the molecule is COC(=O)NC(Cc1ccccc1)C(=O)Nc1nnc(-c2ccccc2Cl)s1. The third-order valence-electron chi connectivity index (χ3n) is 3.84. The van der Waals surface area contributed by atoms with Gasteiger partial charge in [-0.3, -0.25) is 10.1 Å². The van der Waals surface area contributed by atoms with Gasteiger partial charge in [-0.05, 0) is 11.6 Å². The number of hydrogen-bond donors (Lipinski definition) is 2. The molecule has 1 heterocycles. The van der Waals surface area contributed by atoms with E-state index in [0.717, 1.165) is 11.1 Å². The van der Waals surface area contributed by atoms with Crippen molar-refractivity contribution in [2.45, 2.75) is 12.5 Å². The Bertz CT molecular complexity index is 965. The molecule has 2 aromatic carbocycles. The van der Waals surface area contributed by atoms with Gasteiger partial charge in [0.1, 0.15) is 6.04 Å². The van der Waals surface area contributed by atoms with Crippen LogP contribution in [-0.2, 0) is 16.0 Å². The lowest BCUT2D eigenvalue weighted by atomic mass is 10.1. The minimum atomic E-state index is -0.831. The predicted molar refractivity (Wildman–Crippen MR) is 108 cm³/mol. The number of nitrogens with zero attached hydrogens (tertiary/aromatic N) is 2. The van der Waals surface area contributed by atoms with Gasteiger partial charge in [0.2, 0.25) is 11.0 Å². The van der Waals surface area contributed by atoms with Gasteiger partial charge in [0, 0.05) is 12.0 Å². The second kappa shape index (κ2) is 9.29. The zero-order valence-electron chi connectivity index (χ0n) is 14.9. The maximum Gasteiger partial charge on any atom is 0.407 e. The smallest absolute Gasteiger partial charge is 0.407 e. The molecule has 2 amide bonds. The molecule has 144 valence electrons. The van der Waals surface area contributed by atoms with Crippen LogP contribution in [0.3, 0.4) is 0 Å². The number of halogens is 1. The molecule has 3 aromatic rings. The molecule has 7 nitrogen and oxygen atoms in total. The number of carbonyl (C=O) groups is 2. The van der Waals surface area contributed by atoms with Crippen LogP contribution in [0.25, 0.3) is 10.6 Å². The van der Waals surface area contributed by atoms with E-state index in [1.807, 2.05) is 48.5 Å². The van der Waals surface area contributed by atoms with Crippen molar-refractivity contribution in [3.05, 3.63) is 65.2 Å². The second-order valence-electron chi connectivity index (χ2n) is 5.76. The molecule has 0 radical (unpaired) electrons. The molecule has 0 aliphatic carbocycles.